The predicted molar refractivity (Wildman–Crippen MR) is 68.1 cm³/mol. The molecule has 0 aliphatic carbocycles. The summed E-state index contributed by atoms with van der Waals surface area (Å²) in [5, 5.41) is 2.80. The fraction of sp³-hybridized carbons (Fsp3) is 0.250. The van der Waals surface area contributed by atoms with Gasteiger partial charge in [-0.25, -0.2) is 0 Å². The number of hydrogen-bond acceptors (Lipinski definition) is 3. The van der Waals surface area contributed by atoms with Crippen LogP contribution in [0.4, 0.5) is 5.69 Å². The Balaban J connectivity index is 2.11. The Kier molecular flexibility index (Phi) is 3.88. The number of nitrogens with zero attached hydrogens (tertiary/aromatic N) is 2. The van der Waals surface area contributed by atoms with Gasteiger partial charge in [0.05, 0.1) is 11.0 Å². The number of fused-ring (bicyclic) bond motifs is 1. The van der Waals surface area contributed by atoms with Crippen molar-refractivity contribution in [1.29, 1.82) is 0 Å². The van der Waals surface area contributed by atoms with Gasteiger partial charge in [0, 0.05) is 30.4 Å². The van der Waals surface area contributed by atoms with Crippen molar-refractivity contribution < 1.29 is 4.79 Å². The quantitative estimate of drug-likeness (QED) is 0.848. The Bertz CT molecular complexity index is 530. The van der Waals surface area contributed by atoms with Crippen molar-refractivity contribution in [3.63, 3.8) is 0 Å². The molecular formula is C12H12ClN3O. The highest BCUT2D eigenvalue weighted by Crippen LogP contribution is 2.15. The zero-order chi connectivity index (χ0) is 12.1. The fourth-order valence-electron chi connectivity index (χ4n) is 1.49. The summed E-state index contributed by atoms with van der Waals surface area (Å²) in [5.74, 6) is 0.463. The Morgan fingerprint density at radius 2 is 2.00 bits per heavy atom. The first-order valence-electron chi connectivity index (χ1n) is 5.36. The summed E-state index contributed by atoms with van der Waals surface area (Å²) in [5.41, 5.74) is 2.31. The van der Waals surface area contributed by atoms with Gasteiger partial charge in [-0.15, -0.1) is 11.6 Å². The average Bonchev–Trinajstić information content (AvgIpc) is 2.36. The van der Waals surface area contributed by atoms with Gasteiger partial charge >= 0.3 is 0 Å². The minimum absolute atomic E-state index is 0.0334. The Morgan fingerprint density at radius 3 is 2.76 bits per heavy atom. The zero-order valence-electron chi connectivity index (χ0n) is 9.19. The Hall–Kier alpha value is -1.68. The highest BCUT2D eigenvalue weighted by molar-refractivity contribution is 6.18. The SMILES string of the molecule is O=C(CCCCl)Nc1ccc2nccnc2c1. The smallest absolute Gasteiger partial charge is 0.224 e. The first-order chi connectivity index (χ1) is 8.29. The van der Waals surface area contributed by atoms with Gasteiger partial charge in [0.2, 0.25) is 5.91 Å². The van der Waals surface area contributed by atoms with Gasteiger partial charge in [0.15, 0.2) is 0 Å². The first kappa shape index (κ1) is 11.8. The summed E-state index contributed by atoms with van der Waals surface area (Å²) in [6.45, 7) is 0. The standard InChI is InChI=1S/C12H12ClN3O/c13-5-1-2-12(17)16-9-3-4-10-11(8-9)15-7-6-14-10/h3-4,6-8H,1-2,5H2,(H,16,17). The predicted octanol–water partition coefficient (Wildman–Crippen LogP) is 2.59. The number of hydrogen-bond donors (Lipinski definition) is 1. The highest BCUT2D eigenvalue weighted by atomic mass is 35.5. The molecule has 0 aliphatic rings. The van der Waals surface area contributed by atoms with Crippen LogP contribution in [0, 0.1) is 0 Å². The number of alkyl halides is 1. The van der Waals surface area contributed by atoms with E-state index < -0.39 is 0 Å². The molecule has 1 amide bonds. The molecule has 0 unspecified atom stereocenters. The van der Waals surface area contributed by atoms with E-state index in [1.165, 1.54) is 0 Å². The topological polar surface area (TPSA) is 54.9 Å². The van der Waals surface area contributed by atoms with E-state index in [0.717, 1.165) is 16.7 Å². The fourth-order valence-corrected chi connectivity index (χ4v) is 1.63. The molecule has 0 saturated carbocycles. The number of carbonyl (C=O) groups excluding carboxylic acids is 1. The monoisotopic (exact) mass is 249 g/mol. The lowest BCUT2D eigenvalue weighted by atomic mass is 10.2. The molecule has 0 aliphatic heterocycles. The molecule has 4 nitrogen and oxygen atoms in total. The molecule has 2 rings (SSSR count). The van der Waals surface area contributed by atoms with Crippen molar-refractivity contribution in [2.45, 2.75) is 12.8 Å². The van der Waals surface area contributed by atoms with Crippen molar-refractivity contribution >= 4 is 34.2 Å². The third-order valence-corrected chi connectivity index (χ3v) is 2.56. The molecule has 0 fully saturated rings. The third-order valence-electron chi connectivity index (χ3n) is 2.29. The van der Waals surface area contributed by atoms with E-state index in [0.29, 0.717) is 18.7 Å². The van der Waals surface area contributed by atoms with Crippen molar-refractivity contribution in [3.8, 4) is 0 Å². The number of halogens is 1. The molecule has 1 N–H and O–H groups in total. The molecule has 1 aromatic carbocycles. The third kappa shape index (κ3) is 3.14. The molecule has 1 aromatic heterocycles. The number of rotatable bonds is 4. The Morgan fingerprint density at radius 1 is 1.24 bits per heavy atom. The molecule has 17 heavy (non-hydrogen) atoms. The highest BCUT2D eigenvalue weighted by Gasteiger charge is 2.03. The maximum atomic E-state index is 11.5. The summed E-state index contributed by atoms with van der Waals surface area (Å²) < 4.78 is 0. The van der Waals surface area contributed by atoms with Gasteiger partial charge in [-0.05, 0) is 24.6 Å². The second-order valence-corrected chi connectivity index (χ2v) is 3.98. The molecule has 0 radical (unpaired) electrons. The lowest BCUT2D eigenvalue weighted by Crippen LogP contribution is -2.11. The molecule has 88 valence electrons. The number of nitrogens with one attached hydrogen (secondary N) is 1. The van der Waals surface area contributed by atoms with Crippen LogP contribution in [0.3, 0.4) is 0 Å². The normalized spacial score (nSPS) is 10.4. The molecule has 0 spiro atoms. The van der Waals surface area contributed by atoms with E-state index in [9.17, 15) is 4.79 Å². The minimum Gasteiger partial charge on any atom is -0.326 e. The number of amides is 1. The van der Waals surface area contributed by atoms with Crippen LogP contribution in [0.1, 0.15) is 12.8 Å². The summed E-state index contributed by atoms with van der Waals surface area (Å²) in [6, 6.07) is 5.45. The van der Waals surface area contributed by atoms with E-state index >= 15 is 0 Å². The molecular weight excluding hydrogens is 238 g/mol. The van der Waals surface area contributed by atoms with Gasteiger partial charge in [-0.3, -0.25) is 14.8 Å². The molecule has 5 heteroatoms. The van der Waals surface area contributed by atoms with E-state index in [1.54, 1.807) is 18.5 Å². The summed E-state index contributed by atoms with van der Waals surface area (Å²) in [7, 11) is 0. The van der Waals surface area contributed by atoms with Crippen LogP contribution in [-0.2, 0) is 4.79 Å². The van der Waals surface area contributed by atoms with Gasteiger partial charge in [-0.2, -0.15) is 0 Å². The van der Waals surface area contributed by atoms with E-state index in [2.05, 4.69) is 15.3 Å². The van der Waals surface area contributed by atoms with Crippen LogP contribution in [0.15, 0.2) is 30.6 Å². The molecule has 0 saturated heterocycles. The second-order valence-electron chi connectivity index (χ2n) is 3.60. The number of benzene rings is 1. The van der Waals surface area contributed by atoms with E-state index in [1.807, 2.05) is 12.1 Å². The lowest BCUT2D eigenvalue weighted by Gasteiger charge is -2.05. The van der Waals surface area contributed by atoms with Crippen LogP contribution in [0.2, 0.25) is 0 Å². The van der Waals surface area contributed by atoms with Crippen LogP contribution in [0.25, 0.3) is 11.0 Å². The summed E-state index contributed by atoms with van der Waals surface area (Å²) >= 11 is 5.53. The van der Waals surface area contributed by atoms with Crippen molar-refractivity contribution in [1.82, 2.24) is 9.97 Å². The van der Waals surface area contributed by atoms with Crippen LogP contribution in [-0.4, -0.2) is 21.8 Å². The summed E-state index contributed by atoms with van der Waals surface area (Å²) in [6.07, 6.45) is 4.38. The number of anilines is 1. The van der Waals surface area contributed by atoms with Crippen LogP contribution in [0.5, 0.6) is 0 Å². The van der Waals surface area contributed by atoms with Crippen LogP contribution < -0.4 is 5.32 Å². The van der Waals surface area contributed by atoms with Gasteiger partial charge < -0.3 is 5.32 Å². The molecule has 2 aromatic rings. The van der Waals surface area contributed by atoms with E-state index in [4.69, 9.17) is 11.6 Å². The second kappa shape index (κ2) is 5.59. The number of aromatic nitrogens is 2. The maximum absolute atomic E-state index is 11.5. The van der Waals surface area contributed by atoms with Crippen molar-refractivity contribution in [2.75, 3.05) is 11.2 Å². The van der Waals surface area contributed by atoms with Gasteiger partial charge in [-0.1, -0.05) is 0 Å². The largest absolute Gasteiger partial charge is 0.326 e. The zero-order valence-corrected chi connectivity index (χ0v) is 9.94. The van der Waals surface area contributed by atoms with Crippen LogP contribution >= 0.6 is 11.6 Å². The van der Waals surface area contributed by atoms with Crippen molar-refractivity contribution in [3.05, 3.63) is 30.6 Å². The molecule has 0 bridgehead atoms. The van der Waals surface area contributed by atoms with Gasteiger partial charge in [0.25, 0.3) is 0 Å². The first-order valence-corrected chi connectivity index (χ1v) is 5.89. The molecule has 0 atom stereocenters. The maximum Gasteiger partial charge on any atom is 0.224 e. The minimum atomic E-state index is -0.0334. The Labute approximate surface area is 104 Å². The lowest BCUT2D eigenvalue weighted by molar-refractivity contribution is -0.116. The number of carbonyl (C=O) groups is 1. The average molecular weight is 250 g/mol. The summed E-state index contributed by atoms with van der Waals surface area (Å²) in [4.78, 5) is 19.8. The van der Waals surface area contributed by atoms with E-state index in [-0.39, 0.29) is 5.91 Å². The van der Waals surface area contributed by atoms with Crippen molar-refractivity contribution in [2.24, 2.45) is 0 Å². The molecule has 1 heterocycles. The van der Waals surface area contributed by atoms with Gasteiger partial charge in [0.1, 0.15) is 0 Å².